The molecule has 0 fully saturated rings. The third kappa shape index (κ3) is 5.80. The van der Waals surface area contributed by atoms with Crippen LogP contribution in [0.4, 0.5) is 0 Å². The van der Waals surface area contributed by atoms with Crippen molar-refractivity contribution in [3.63, 3.8) is 0 Å². The first-order chi connectivity index (χ1) is 28.7. The Hall–Kier alpha value is -4.18. The summed E-state index contributed by atoms with van der Waals surface area (Å²) in [5.74, 6) is 3.87. The molecule has 10 rings (SSSR count). The Labute approximate surface area is 353 Å². The van der Waals surface area contributed by atoms with Gasteiger partial charge in [-0.2, -0.15) is 0 Å². The molecule has 7 nitrogen and oxygen atoms in total. The van der Waals surface area contributed by atoms with Crippen molar-refractivity contribution in [2.75, 3.05) is 0 Å². The molecule has 2 bridgehead atoms. The maximum Gasteiger partial charge on any atom is 0.318 e. The Morgan fingerprint density at radius 1 is 0.627 bits per heavy atom. The van der Waals surface area contributed by atoms with Gasteiger partial charge in [0.05, 0.1) is 0 Å². The van der Waals surface area contributed by atoms with E-state index in [1.54, 1.807) is 0 Å². The molecule has 0 spiro atoms. The topological polar surface area (TPSA) is 47.4 Å². The van der Waals surface area contributed by atoms with Crippen LogP contribution in [0.2, 0.25) is 0 Å². The second-order valence-corrected chi connectivity index (χ2v) is 20.5. The second-order valence-electron chi connectivity index (χ2n) is 17.5. The monoisotopic (exact) mass is 826 g/mol. The molecule has 0 aliphatic carbocycles. The molecule has 6 aromatic rings. The van der Waals surface area contributed by atoms with Crippen LogP contribution in [0.1, 0.15) is 166 Å². The van der Waals surface area contributed by atoms with Crippen molar-refractivity contribution in [2.24, 2.45) is 0 Å². The summed E-state index contributed by atoms with van der Waals surface area (Å²) in [5.41, 5.74) is 15.7. The zero-order chi connectivity index (χ0) is 40.7. The van der Waals surface area contributed by atoms with Crippen LogP contribution in [-0.2, 0) is 31.1 Å². The van der Waals surface area contributed by atoms with E-state index in [0.717, 1.165) is 93.6 Å². The third-order valence-electron chi connectivity index (χ3n) is 14.0. The summed E-state index contributed by atoms with van der Waals surface area (Å²) in [7, 11) is -2.64. The van der Waals surface area contributed by atoms with Crippen LogP contribution in [-0.4, -0.2) is 17.4 Å². The largest absolute Gasteiger partial charge is 0.449 e. The number of hydrogen-bond acceptors (Lipinski definition) is 3. The predicted molar refractivity (Wildman–Crippen MR) is 242 cm³/mol. The summed E-state index contributed by atoms with van der Waals surface area (Å²) in [6, 6.07) is 27.7. The van der Waals surface area contributed by atoms with E-state index in [1.807, 2.05) is 0 Å². The summed E-state index contributed by atoms with van der Waals surface area (Å²) in [5, 5.41) is 0. The minimum absolute atomic E-state index is 0.247. The standard InChI is InChI=1S/C50H60N4O3P2/c1-9-13-28-50(29-14-10-2)38-19-16-22-46-48(38)55-49-39(50)20-17-23-47(49)57-59-52-37(25-27-43(52)35(8)44-30-32(5)40(12-4)53(44)59)18-15-21-41-33(6)31-45-34(7)42-26-24-36(11-3)51(42)58(56-46)54(41)45/h16-17,19-20,22-27,30-31,34-35H,9-15,18,21,28-29H2,1-8H3. The molecule has 0 radical (unpaired) electrons. The van der Waals surface area contributed by atoms with Crippen LogP contribution in [0, 0.1) is 13.8 Å². The van der Waals surface area contributed by atoms with Gasteiger partial charge in [0.15, 0.2) is 23.0 Å². The first kappa shape index (κ1) is 39.0. The maximum absolute atomic E-state index is 7.65. The summed E-state index contributed by atoms with van der Waals surface area (Å²) in [6.07, 6.45) is 11.4. The number of fused-ring (bicyclic) bond motifs is 4. The Kier molecular flexibility index (Phi) is 9.96. The van der Waals surface area contributed by atoms with Gasteiger partial charge in [0.2, 0.25) is 0 Å². The molecule has 59 heavy (non-hydrogen) atoms. The van der Waals surface area contributed by atoms with E-state index in [-0.39, 0.29) is 17.3 Å². The second kappa shape index (κ2) is 15.1. The number of aromatic nitrogens is 4. The highest BCUT2D eigenvalue weighted by atomic mass is 31.2. The molecule has 0 amide bonds. The highest BCUT2D eigenvalue weighted by Crippen LogP contribution is 2.63. The number of rotatable bonds is 8. The molecular weight excluding hydrogens is 767 g/mol. The Morgan fingerprint density at radius 3 is 1.85 bits per heavy atom. The summed E-state index contributed by atoms with van der Waals surface area (Å²) in [4.78, 5) is 0. The fourth-order valence-corrected chi connectivity index (χ4v) is 15.7. The first-order valence-corrected chi connectivity index (χ1v) is 24.8. The normalized spacial score (nSPS) is 20.7. The van der Waals surface area contributed by atoms with E-state index >= 15 is 0 Å². The minimum Gasteiger partial charge on any atom is -0.449 e. The fraction of sp³-hybridized carbons (Fsp3) is 0.440. The molecule has 2 aromatic carbocycles. The molecule has 9 heteroatoms. The number of para-hydroxylation sites is 2. The number of benzene rings is 2. The van der Waals surface area contributed by atoms with Gasteiger partial charge in [0.25, 0.3) is 0 Å². The first-order valence-electron chi connectivity index (χ1n) is 22.5. The van der Waals surface area contributed by atoms with Gasteiger partial charge in [-0.25, -0.2) is 0 Å². The highest BCUT2D eigenvalue weighted by molar-refractivity contribution is 7.50. The van der Waals surface area contributed by atoms with Crippen molar-refractivity contribution in [3.8, 4) is 23.0 Å². The summed E-state index contributed by atoms with van der Waals surface area (Å²) >= 11 is 0. The van der Waals surface area contributed by atoms with Crippen LogP contribution in [0.15, 0.2) is 72.8 Å². The number of nitrogens with zero attached hydrogens (tertiary/aromatic N) is 4. The van der Waals surface area contributed by atoms with E-state index in [0.29, 0.717) is 0 Å². The Morgan fingerprint density at radius 2 is 1.22 bits per heavy atom. The van der Waals surface area contributed by atoms with E-state index < -0.39 is 16.9 Å². The number of aryl methyl sites for hydroxylation is 4. The fourth-order valence-electron chi connectivity index (χ4n) is 10.9. The predicted octanol–water partition coefficient (Wildman–Crippen LogP) is 14.2. The number of ether oxygens (including phenoxy) is 1. The smallest absolute Gasteiger partial charge is 0.318 e. The van der Waals surface area contributed by atoms with Gasteiger partial charge < -0.3 is 13.8 Å². The van der Waals surface area contributed by atoms with Crippen molar-refractivity contribution in [1.29, 1.82) is 0 Å². The molecule has 4 aliphatic rings. The van der Waals surface area contributed by atoms with Gasteiger partial charge in [0.1, 0.15) is 0 Å². The van der Waals surface area contributed by atoms with Crippen molar-refractivity contribution < 1.29 is 13.8 Å². The van der Waals surface area contributed by atoms with E-state index in [4.69, 9.17) is 13.8 Å². The van der Waals surface area contributed by atoms with Gasteiger partial charge in [0, 0.05) is 73.9 Å². The average Bonchev–Trinajstić information content (AvgIpc) is 4.03. The molecule has 4 aliphatic heterocycles. The van der Waals surface area contributed by atoms with E-state index in [9.17, 15) is 0 Å². The van der Waals surface area contributed by atoms with Crippen molar-refractivity contribution in [1.82, 2.24) is 17.4 Å². The van der Waals surface area contributed by atoms with Gasteiger partial charge in [-0.15, -0.1) is 0 Å². The lowest BCUT2D eigenvalue weighted by Crippen LogP contribution is -2.32. The third-order valence-corrected chi connectivity index (χ3v) is 18.0. The SMILES string of the molecule is CCCCC1(CCCC)c2cccc3c2Oc2c(cccc21)OP1n2c(CC)ccc2C(C)c2cc(C)c(n21)CCCc1ccc2n1P(O3)n1c(cc(C)c1CC)C2C. The molecule has 4 aromatic heterocycles. The van der Waals surface area contributed by atoms with Crippen LogP contribution < -0.4 is 13.8 Å². The molecule has 4 atom stereocenters. The zero-order valence-corrected chi connectivity index (χ0v) is 38.1. The summed E-state index contributed by atoms with van der Waals surface area (Å²) in [6.45, 7) is 18.5. The Bertz CT molecular complexity index is 2520. The van der Waals surface area contributed by atoms with Crippen LogP contribution >= 0.6 is 16.9 Å². The Balaban J connectivity index is 1.25. The highest BCUT2D eigenvalue weighted by Gasteiger charge is 2.46. The van der Waals surface area contributed by atoms with Gasteiger partial charge in [-0.1, -0.05) is 91.5 Å². The van der Waals surface area contributed by atoms with Gasteiger partial charge >= 0.3 is 16.9 Å². The molecule has 308 valence electrons. The quantitative estimate of drug-likeness (QED) is 0.144. The van der Waals surface area contributed by atoms with Crippen LogP contribution in [0.3, 0.4) is 0 Å². The maximum atomic E-state index is 7.65. The molecule has 8 heterocycles. The van der Waals surface area contributed by atoms with Gasteiger partial charge in [-0.3, -0.25) is 17.4 Å². The van der Waals surface area contributed by atoms with Crippen LogP contribution in [0.5, 0.6) is 23.0 Å². The van der Waals surface area contributed by atoms with Crippen molar-refractivity contribution in [2.45, 2.75) is 143 Å². The van der Waals surface area contributed by atoms with Crippen molar-refractivity contribution in [3.05, 3.63) is 141 Å². The van der Waals surface area contributed by atoms with Crippen LogP contribution in [0.25, 0.3) is 0 Å². The lowest BCUT2D eigenvalue weighted by molar-refractivity contribution is 0.329. The van der Waals surface area contributed by atoms with Gasteiger partial charge in [-0.05, 0) is 118 Å². The average molecular weight is 827 g/mol. The van der Waals surface area contributed by atoms with E-state index in [1.165, 1.54) is 67.8 Å². The lowest BCUT2D eigenvalue weighted by atomic mass is 9.66. The minimum atomic E-state index is -1.32. The zero-order valence-electron chi connectivity index (χ0n) is 36.3. The van der Waals surface area contributed by atoms with E-state index in [2.05, 4.69) is 146 Å². The molecular formula is C50H60N4O3P2. The number of hydrogen-bond donors (Lipinski definition) is 0. The molecule has 0 saturated carbocycles. The summed E-state index contributed by atoms with van der Waals surface area (Å²) < 4.78 is 33.1. The molecule has 0 saturated heterocycles. The van der Waals surface area contributed by atoms with Crippen molar-refractivity contribution >= 4 is 16.9 Å². The number of unbranched alkanes of at least 4 members (excludes halogenated alkanes) is 2. The lowest BCUT2D eigenvalue weighted by Gasteiger charge is -2.42. The molecule has 4 unspecified atom stereocenters. The molecule has 0 N–H and O–H groups in total.